The van der Waals surface area contributed by atoms with Gasteiger partial charge in [-0.3, -0.25) is 10.1 Å². The number of carbonyl (C=O) groups is 1. The number of thiazole rings is 1. The minimum Gasteiger partial charge on any atom is -0.379 e. The summed E-state index contributed by atoms with van der Waals surface area (Å²) in [5, 5.41) is 3.13. The molecule has 3 aromatic rings. The van der Waals surface area contributed by atoms with Gasteiger partial charge in [0, 0.05) is 23.5 Å². The first-order valence-corrected chi connectivity index (χ1v) is 12.3. The maximum atomic E-state index is 13.2. The predicted molar refractivity (Wildman–Crippen MR) is 121 cm³/mol. The van der Waals surface area contributed by atoms with Crippen molar-refractivity contribution in [2.75, 3.05) is 31.6 Å². The van der Waals surface area contributed by atoms with Crippen LogP contribution in [0.5, 0.6) is 0 Å². The summed E-state index contributed by atoms with van der Waals surface area (Å²) in [5.41, 5.74) is 1.37. The minimum atomic E-state index is -3.78. The maximum absolute atomic E-state index is 13.2. The molecule has 2 aromatic carbocycles. The van der Waals surface area contributed by atoms with Crippen molar-refractivity contribution < 1.29 is 22.3 Å². The molecule has 0 atom stereocenters. The number of rotatable bonds is 5. The fourth-order valence-corrected chi connectivity index (χ4v) is 5.73. The van der Waals surface area contributed by atoms with Crippen molar-refractivity contribution >= 4 is 44.0 Å². The molecule has 2 heterocycles. The lowest BCUT2D eigenvalue weighted by Gasteiger charge is -2.26. The number of hydrogen-bond acceptors (Lipinski definition) is 6. The summed E-state index contributed by atoms with van der Waals surface area (Å²) < 4.78 is 45.6. The molecule has 0 aliphatic carbocycles. The number of aryl methyl sites for hydroxylation is 1. The Labute approximate surface area is 193 Å². The number of aromatic nitrogens is 1. The van der Waals surface area contributed by atoms with Crippen LogP contribution in [-0.4, -0.2) is 49.9 Å². The molecule has 1 aliphatic rings. The van der Waals surface area contributed by atoms with Crippen molar-refractivity contribution in [2.24, 2.45) is 0 Å². The van der Waals surface area contributed by atoms with E-state index in [2.05, 4.69) is 10.3 Å². The van der Waals surface area contributed by atoms with E-state index in [1.807, 2.05) is 6.92 Å². The Hall–Kier alpha value is -2.37. The second-order valence-corrected chi connectivity index (χ2v) is 10.6. The number of sulfonamides is 1. The van der Waals surface area contributed by atoms with Crippen LogP contribution < -0.4 is 5.32 Å². The van der Waals surface area contributed by atoms with E-state index < -0.39 is 15.9 Å². The number of nitrogens with one attached hydrogen (secondary N) is 1. The summed E-state index contributed by atoms with van der Waals surface area (Å²) in [6, 6.07) is 9.94. The molecular formula is C21H19ClFN3O4S2. The highest BCUT2D eigenvalue weighted by Crippen LogP contribution is 2.31. The van der Waals surface area contributed by atoms with Gasteiger partial charge in [-0.05, 0) is 49.4 Å². The number of anilines is 1. The number of halogens is 2. The number of nitrogens with zero attached hydrogens (tertiary/aromatic N) is 2. The van der Waals surface area contributed by atoms with Crippen LogP contribution >= 0.6 is 22.9 Å². The van der Waals surface area contributed by atoms with Crippen molar-refractivity contribution in [3.8, 4) is 11.3 Å². The second kappa shape index (κ2) is 9.24. The maximum Gasteiger partial charge on any atom is 0.259 e. The van der Waals surface area contributed by atoms with Crippen molar-refractivity contribution in [1.29, 1.82) is 0 Å². The summed E-state index contributed by atoms with van der Waals surface area (Å²) in [6.45, 7) is 2.97. The Kier molecular flexibility index (Phi) is 6.59. The molecular weight excluding hydrogens is 477 g/mol. The van der Waals surface area contributed by atoms with Crippen LogP contribution in [0.1, 0.15) is 15.2 Å². The number of amides is 1. The fourth-order valence-electron chi connectivity index (χ4n) is 3.26. The van der Waals surface area contributed by atoms with Gasteiger partial charge in [-0.25, -0.2) is 17.8 Å². The normalized spacial score (nSPS) is 15.0. The van der Waals surface area contributed by atoms with Crippen LogP contribution in [0, 0.1) is 12.7 Å². The summed E-state index contributed by atoms with van der Waals surface area (Å²) in [6.07, 6.45) is 0. The Morgan fingerprint density at radius 2 is 1.88 bits per heavy atom. The van der Waals surface area contributed by atoms with Gasteiger partial charge in [-0.15, -0.1) is 11.3 Å². The quantitative estimate of drug-likeness (QED) is 0.573. The molecule has 1 amide bonds. The van der Waals surface area contributed by atoms with Crippen molar-refractivity contribution in [3.63, 3.8) is 0 Å². The first-order chi connectivity index (χ1) is 15.3. The van der Waals surface area contributed by atoms with Gasteiger partial charge in [0.1, 0.15) is 5.82 Å². The molecule has 0 radical (unpaired) electrons. The van der Waals surface area contributed by atoms with Gasteiger partial charge in [0.05, 0.1) is 34.4 Å². The monoisotopic (exact) mass is 495 g/mol. The van der Waals surface area contributed by atoms with E-state index in [9.17, 15) is 17.6 Å². The van der Waals surface area contributed by atoms with Gasteiger partial charge >= 0.3 is 0 Å². The van der Waals surface area contributed by atoms with Gasteiger partial charge in [0.25, 0.3) is 5.91 Å². The first-order valence-electron chi connectivity index (χ1n) is 9.68. The molecule has 0 unspecified atom stereocenters. The molecule has 11 heteroatoms. The van der Waals surface area contributed by atoms with E-state index in [0.29, 0.717) is 24.0 Å². The van der Waals surface area contributed by atoms with E-state index in [1.165, 1.54) is 46.0 Å². The molecule has 0 saturated carbocycles. The summed E-state index contributed by atoms with van der Waals surface area (Å²) in [7, 11) is -3.78. The van der Waals surface area contributed by atoms with Crippen LogP contribution in [0.4, 0.5) is 9.52 Å². The number of benzene rings is 2. The molecule has 0 bridgehead atoms. The summed E-state index contributed by atoms with van der Waals surface area (Å²) in [4.78, 5) is 18.1. The molecule has 7 nitrogen and oxygen atoms in total. The zero-order chi connectivity index (χ0) is 22.9. The SMILES string of the molecule is Cc1sc(NC(=O)c2cc(S(=O)(=O)N3CCOCC3)ccc2Cl)nc1-c1ccc(F)cc1. The topological polar surface area (TPSA) is 88.6 Å². The summed E-state index contributed by atoms with van der Waals surface area (Å²) in [5.74, 6) is -0.926. The van der Waals surface area contributed by atoms with E-state index in [4.69, 9.17) is 16.3 Å². The van der Waals surface area contributed by atoms with Gasteiger partial charge in [0.15, 0.2) is 5.13 Å². The van der Waals surface area contributed by atoms with E-state index in [1.54, 1.807) is 12.1 Å². The van der Waals surface area contributed by atoms with Crippen LogP contribution in [0.25, 0.3) is 11.3 Å². The first kappa shape index (κ1) is 22.8. The third kappa shape index (κ3) is 4.69. The molecule has 4 rings (SSSR count). The number of morpholine rings is 1. The molecule has 0 spiro atoms. The molecule has 1 saturated heterocycles. The highest BCUT2D eigenvalue weighted by Gasteiger charge is 2.28. The fraction of sp³-hybridized carbons (Fsp3) is 0.238. The van der Waals surface area contributed by atoms with Gasteiger partial charge in [-0.1, -0.05) is 11.6 Å². The smallest absolute Gasteiger partial charge is 0.259 e. The van der Waals surface area contributed by atoms with Crippen molar-refractivity contribution in [1.82, 2.24) is 9.29 Å². The lowest BCUT2D eigenvalue weighted by molar-refractivity contribution is 0.0730. The molecule has 1 N–H and O–H groups in total. The number of ether oxygens (including phenoxy) is 1. The highest BCUT2D eigenvalue weighted by atomic mass is 35.5. The zero-order valence-corrected chi connectivity index (χ0v) is 19.4. The van der Waals surface area contributed by atoms with E-state index in [-0.39, 0.29) is 34.4 Å². The largest absolute Gasteiger partial charge is 0.379 e. The third-order valence-electron chi connectivity index (χ3n) is 4.92. The van der Waals surface area contributed by atoms with Gasteiger partial charge < -0.3 is 4.74 Å². The third-order valence-corrected chi connectivity index (χ3v) is 8.04. The second-order valence-electron chi connectivity index (χ2n) is 7.04. The average molecular weight is 496 g/mol. The molecule has 1 aliphatic heterocycles. The Morgan fingerprint density at radius 1 is 1.19 bits per heavy atom. The molecule has 168 valence electrons. The predicted octanol–water partition coefficient (Wildman–Crippen LogP) is 4.18. The van der Waals surface area contributed by atoms with Gasteiger partial charge in [0.2, 0.25) is 10.0 Å². The average Bonchev–Trinajstić information content (AvgIpc) is 3.14. The Balaban J connectivity index is 1.58. The zero-order valence-electron chi connectivity index (χ0n) is 17.0. The highest BCUT2D eigenvalue weighted by molar-refractivity contribution is 7.89. The van der Waals surface area contributed by atoms with Crippen LogP contribution in [0.2, 0.25) is 5.02 Å². The molecule has 1 fully saturated rings. The van der Waals surface area contributed by atoms with Crippen molar-refractivity contribution in [2.45, 2.75) is 11.8 Å². The van der Waals surface area contributed by atoms with E-state index in [0.717, 1.165) is 10.4 Å². The summed E-state index contributed by atoms with van der Waals surface area (Å²) >= 11 is 7.45. The van der Waals surface area contributed by atoms with Crippen molar-refractivity contribution in [3.05, 3.63) is 63.7 Å². The Morgan fingerprint density at radius 3 is 2.56 bits per heavy atom. The van der Waals surface area contributed by atoms with Gasteiger partial charge in [-0.2, -0.15) is 4.31 Å². The molecule has 1 aromatic heterocycles. The molecule has 32 heavy (non-hydrogen) atoms. The van der Waals surface area contributed by atoms with Crippen LogP contribution in [-0.2, 0) is 14.8 Å². The lowest BCUT2D eigenvalue weighted by Crippen LogP contribution is -2.40. The lowest BCUT2D eigenvalue weighted by atomic mass is 10.1. The number of hydrogen-bond donors (Lipinski definition) is 1. The standard InChI is InChI=1S/C21H19ClFN3O4S2/c1-13-19(14-2-4-15(23)5-3-14)24-21(31-13)25-20(27)17-12-16(6-7-18(17)22)32(28,29)26-8-10-30-11-9-26/h2-7,12H,8-11H2,1H3,(H,24,25,27). The van der Waals surface area contributed by atoms with E-state index >= 15 is 0 Å². The minimum absolute atomic E-state index is 0.0173. The Bertz CT molecular complexity index is 1260. The number of carbonyl (C=O) groups excluding carboxylic acids is 1. The van der Waals surface area contributed by atoms with Crippen LogP contribution in [0.15, 0.2) is 47.4 Å². The van der Waals surface area contributed by atoms with Crippen LogP contribution in [0.3, 0.4) is 0 Å².